The van der Waals surface area contributed by atoms with Crippen molar-refractivity contribution in [1.29, 1.82) is 0 Å². The lowest BCUT2D eigenvalue weighted by Crippen LogP contribution is -2.33. The van der Waals surface area contributed by atoms with E-state index in [-0.39, 0.29) is 5.91 Å². The van der Waals surface area contributed by atoms with E-state index in [1.807, 2.05) is 0 Å². The van der Waals surface area contributed by atoms with Crippen molar-refractivity contribution in [3.63, 3.8) is 0 Å². The van der Waals surface area contributed by atoms with Crippen LogP contribution in [0.4, 0.5) is 24.5 Å². The summed E-state index contributed by atoms with van der Waals surface area (Å²) in [4.78, 5) is 27.8. The number of nitrogens with zero attached hydrogens (tertiary/aromatic N) is 1. The molecule has 3 aromatic rings. The summed E-state index contributed by atoms with van der Waals surface area (Å²) in [6.45, 7) is 0.395. The SMILES string of the molecule is O=C1C(Nc2ccc3oc(=O)[nH]c3c2)CCN1c1ccc(C(F)(F)F)cc1. The van der Waals surface area contributed by atoms with Crippen molar-refractivity contribution in [2.24, 2.45) is 0 Å². The Hall–Kier alpha value is -3.23. The molecule has 1 aliphatic rings. The summed E-state index contributed by atoms with van der Waals surface area (Å²) in [5, 5.41) is 3.09. The Labute approximate surface area is 150 Å². The first kappa shape index (κ1) is 17.2. The third-order valence-corrected chi connectivity index (χ3v) is 4.47. The molecule has 2 N–H and O–H groups in total. The number of carbonyl (C=O) groups is 1. The van der Waals surface area contributed by atoms with E-state index in [0.717, 1.165) is 12.1 Å². The Kier molecular flexibility index (Phi) is 3.94. The van der Waals surface area contributed by atoms with E-state index in [4.69, 9.17) is 4.42 Å². The van der Waals surface area contributed by atoms with Crippen LogP contribution in [0, 0.1) is 0 Å². The summed E-state index contributed by atoms with van der Waals surface area (Å²) >= 11 is 0. The van der Waals surface area contributed by atoms with Crippen LogP contribution in [0.5, 0.6) is 0 Å². The molecule has 4 rings (SSSR count). The van der Waals surface area contributed by atoms with E-state index in [0.29, 0.717) is 35.4 Å². The number of anilines is 2. The molecule has 0 radical (unpaired) electrons. The summed E-state index contributed by atoms with van der Waals surface area (Å²) in [6.07, 6.45) is -3.91. The van der Waals surface area contributed by atoms with E-state index in [9.17, 15) is 22.8 Å². The molecule has 0 saturated carbocycles. The number of benzene rings is 2. The van der Waals surface area contributed by atoms with Crippen LogP contribution in [0.3, 0.4) is 0 Å². The number of alkyl halides is 3. The van der Waals surface area contributed by atoms with Crippen LogP contribution in [-0.2, 0) is 11.0 Å². The number of aromatic amines is 1. The number of hydrogen-bond donors (Lipinski definition) is 2. The molecule has 2 heterocycles. The molecule has 1 aliphatic heterocycles. The smallest absolute Gasteiger partial charge is 0.408 e. The number of nitrogens with one attached hydrogen (secondary N) is 2. The van der Waals surface area contributed by atoms with Crippen LogP contribution < -0.4 is 16.0 Å². The number of amides is 1. The Morgan fingerprint density at radius 2 is 1.85 bits per heavy atom. The summed E-state index contributed by atoms with van der Waals surface area (Å²) < 4.78 is 42.9. The lowest BCUT2D eigenvalue weighted by atomic mass is 10.2. The van der Waals surface area contributed by atoms with E-state index >= 15 is 0 Å². The zero-order valence-corrected chi connectivity index (χ0v) is 13.8. The van der Waals surface area contributed by atoms with E-state index in [1.54, 1.807) is 18.2 Å². The number of carbonyl (C=O) groups excluding carboxylic acids is 1. The first-order chi connectivity index (χ1) is 12.8. The second-order valence-corrected chi connectivity index (χ2v) is 6.25. The van der Waals surface area contributed by atoms with E-state index in [2.05, 4.69) is 10.3 Å². The maximum atomic E-state index is 12.7. The molecule has 27 heavy (non-hydrogen) atoms. The average molecular weight is 377 g/mol. The molecular formula is C18H14F3N3O3. The van der Waals surface area contributed by atoms with Gasteiger partial charge >= 0.3 is 11.9 Å². The average Bonchev–Trinajstić information content (AvgIpc) is 3.16. The van der Waals surface area contributed by atoms with E-state index in [1.165, 1.54) is 17.0 Å². The van der Waals surface area contributed by atoms with Crippen LogP contribution >= 0.6 is 0 Å². The highest BCUT2D eigenvalue weighted by Crippen LogP contribution is 2.31. The molecule has 0 bridgehead atoms. The van der Waals surface area contributed by atoms with E-state index < -0.39 is 23.5 Å². The lowest BCUT2D eigenvalue weighted by molar-refractivity contribution is -0.137. The van der Waals surface area contributed by atoms with Gasteiger partial charge in [-0.2, -0.15) is 13.2 Å². The van der Waals surface area contributed by atoms with Gasteiger partial charge in [0.2, 0.25) is 5.91 Å². The van der Waals surface area contributed by atoms with Crippen LogP contribution in [0.1, 0.15) is 12.0 Å². The second-order valence-electron chi connectivity index (χ2n) is 6.25. The molecule has 1 fully saturated rings. The molecule has 140 valence electrons. The molecule has 1 aromatic heterocycles. The van der Waals surface area contributed by atoms with Gasteiger partial charge in [-0.25, -0.2) is 4.79 Å². The van der Waals surface area contributed by atoms with Gasteiger partial charge in [0, 0.05) is 17.9 Å². The highest BCUT2D eigenvalue weighted by molar-refractivity contribution is 6.01. The van der Waals surface area contributed by atoms with Crippen molar-refractivity contribution in [2.45, 2.75) is 18.6 Å². The summed E-state index contributed by atoms with van der Waals surface area (Å²) in [7, 11) is 0. The van der Waals surface area contributed by atoms with Gasteiger partial charge in [-0.3, -0.25) is 9.78 Å². The van der Waals surface area contributed by atoms with Gasteiger partial charge in [0.25, 0.3) is 0 Å². The Morgan fingerprint density at radius 3 is 2.56 bits per heavy atom. The number of aromatic nitrogens is 1. The van der Waals surface area contributed by atoms with Crippen molar-refractivity contribution < 1.29 is 22.4 Å². The standard InChI is InChI=1S/C18H14F3N3O3/c19-18(20,21)10-1-4-12(5-2-10)24-8-7-13(16(24)25)22-11-3-6-15-14(9-11)23-17(26)27-15/h1-6,9,13,22H,7-8H2,(H,23,26). The predicted molar refractivity (Wildman–Crippen MR) is 92.7 cm³/mol. The first-order valence-corrected chi connectivity index (χ1v) is 8.19. The van der Waals surface area contributed by atoms with Crippen molar-refractivity contribution >= 4 is 28.4 Å². The monoisotopic (exact) mass is 377 g/mol. The number of halogens is 3. The molecule has 1 unspecified atom stereocenters. The summed E-state index contributed by atoms with van der Waals surface area (Å²) in [6, 6.07) is 8.98. The number of fused-ring (bicyclic) bond motifs is 1. The highest BCUT2D eigenvalue weighted by Gasteiger charge is 2.34. The zero-order valence-electron chi connectivity index (χ0n) is 13.8. The van der Waals surface area contributed by atoms with Crippen LogP contribution in [-0.4, -0.2) is 23.5 Å². The fourth-order valence-electron chi connectivity index (χ4n) is 3.14. The topological polar surface area (TPSA) is 78.3 Å². The van der Waals surface area contributed by atoms with Crippen molar-refractivity contribution in [3.8, 4) is 0 Å². The zero-order chi connectivity index (χ0) is 19.2. The van der Waals surface area contributed by atoms with Gasteiger partial charge in [0.1, 0.15) is 6.04 Å². The fourth-order valence-corrected chi connectivity index (χ4v) is 3.14. The van der Waals surface area contributed by atoms with Crippen LogP contribution in [0.2, 0.25) is 0 Å². The minimum absolute atomic E-state index is 0.226. The highest BCUT2D eigenvalue weighted by atomic mass is 19.4. The van der Waals surface area contributed by atoms with Crippen LogP contribution in [0.15, 0.2) is 51.7 Å². The van der Waals surface area contributed by atoms with Gasteiger partial charge in [-0.1, -0.05) is 0 Å². The van der Waals surface area contributed by atoms with Crippen LogP contribution in [0.25, 0.3) is 11.1 Å². The van der Waals surface area contributed by atoms with Crippen molar-refractivity contribution in [1.82, 2.24) is 4.98 Å². The molecule has 0 aliphatic carbocycles. The quantitative estimate of drug-likeness (QED) is 0.734. The number of oxazole rings is 1. The van der Waals surface area contributed by atoms with Crippen molar-refractivity contribution in [2.75, 3.05) is 16.8 Å². The minimum atomic E-state index is -4.41. The number of hydrogen-bond acceptors (Lipinski definition) is 4. The third-order valence-electron chi connectivity index (χ3n) is 4.47. The van der Waals surface area contributed by atoms with Gasteiger partial charge in [-0.15, -0.1) is 0 Å². The minimum Gasteiger partial charge on any atom is -0.408 e. The molecule has 1 atom stereocenters. The number of rotatable bonds is 3. The van der Waals surface area contributed by atoms with Gasteiger partial charge < -0.3 is 14.6 Å². The maximum absolute atomic E-state index is 12.7. The molecule has 0 spiro atoms. The predicted octanol–water partition coefficient (Wildman–Crippen LogP) is 3.36. The lowest BCUT2D eigenvalue weighted by Gasteiger charge is -2.18. The Morgan fingerprint density at radius 1 is 1.11 bits per heavy atom. The number of H-pyrrole nitrogens is 1. The third kappa shape index (κ3) is 3.27. The molecule has 2 aromatic carbocycles. The van der Waals surface area contributed by atoms with Gasteiger partial charge in [0.05, 0.1) is 11.1 Å². The van der Waals surface area contributed by atoms with Gasteiger partial charge in [0.15, 0.2) is 5.58 Å². The molecule has 6 nitrogen and oxygen atoms in total. The summed E-state index contributed by atoms with van der Waals surface area (Å²) in [5.41, 5.74) is 1.22. The maximum Gasteiger partial charge on any atom is 0.417 e. The molecular weight excluding hydrogens is 363 g/mol. The second kappa shape index (κ2) is 6.19. The molecule has 9 heteroatoms. The Balaban J connectivity index is 1.50. The normalized spacial score (nSPS) is 17.7. The largest absolute Gasteiger partial charge is 0.417 e. The van der Waals surface area contributed by atoms with Crippen molar-refractivity contribution in [3.05, 3.63) is 58.6 Å². The molecule has 1 amide bonds. The summed E-state index contributed by atoms with van der Waals surface area (Å²) in [5.74, 6) is -0.789. The molecule has 1 saturated heterocycles. The fraction of sp³-hybridized carbons (Fsp3) is 0.222. The Bertz CT molecular complexity index is 1050. The van der Waals surface area contributed by atoms with Gasteiger partial charge in [-0.05, 0) is 48.9 Å². The first-order valence-electron chi connectivity index (χ1n) is 8.19.